The average Bonchev–Trinajstić information content (AvgIpc) is 3.34. The number of hydrogen-bond acceptors (Lipinski definition) is 7. The van der Waals surface area contributed by atoms with Crippen LogP contribution in [-0.2, 0) is 33.3 Å². The number of carbonyl (C=O) groups is 3. The lowest BCUT2D eigenvalue weighted by Crippen LogP contribution is -2.40. The van der Waals surface area contributed by atoms with E-state index in [0.29, 0.717) is 17.4 Å². The normalized spacial score (nSPS) is 13.3. The number of rotatable bonds is 53. The van der Waals surface area contributed by atoms with Crippen molar-refractivity contribution in [2.75, 3.05) is 47.5 Å². The Morgan fingerprint density at radius 3 is 1.17 bits per heavy atom. The molecule has 0 aromatic heterocycles. The predicted molar refractivity (Wildman–Crippen MR) is 299 cm³/mol. The molecule has 0 aliphatic carbocycles. The van der Waals surface area contributed by atoms with Crippen molar-refractivity contribution in [2.45, 2.75) is 257 Å². The molecule has 410 valence electrons. The summed E-state index contributed by atoms with van der Waals surface area (Å²) in [6, 6.07) is 0. The van der Waals surface area contributed by atoms with Crippen LogP contribution in [0.15, 0.2) is 72.9 Å². The standard InChI is InChI=1S/C62H109NO8/c1-6-8-10-12-14-16-18-20-22-24-26-27-28-29-30-31-32-33-35-36-38-40-42-44-46-48-50-52-59(64)69-56-58(57-70-62(61(66)67)68-55-54-63(3,4)5)71-60(65)53-51-49-47-45-43-41-39-37-34-25-23-21-19-17-15-13-11-9-7-2/h9,11,15,17,21,23,34,37,41,43,47,49,58,62H,6-8,10,12-14,16,18-20,22,24-33,35-36,38-40,42,44-46,48,50-57H2,1-5H3/p+1/b11-9-,17-15-,23-21-,37-34-,43-41-,49-47-. The Bertz CT molecular complexity index is 1390. The Morgan fingerprint density at radius 2 is 0.803 bits per heavy atom. The fraction of sp³-hybridized carbons (Fsp3) is 0.758. The van der Waals surface area contributed by atoms with Crippen molar-refractivity contribution in [1.82, 2.24) is 0 Å². The second-order valence-electron chi connectivity index (χ2n) is 20.6. The van der Waals surface area contributed by atoms with Gasteiger partial charge in [-0.2, -0.15) is 0 Å². The summed E-state index contributed by atoms with van der Waals surface area (Å²) in [7, 11) is 5.94. The van der Waals surface area contributed by atoms with Gasteiger partial charge in [-0.25, -0.2) is 4.79 Å². The molecule has 0 saturated heterocycles. The molecule has 71 heavy (non-hydrogen) atoms. The summed E-state index contributed by atoms with van der Waals surface area (Å²) in [5.41, 5.74) is 0. The van der Waals surface area contributed by atoms with Gasteiger partial charge in [0.2, 0.25) is 0 Å². The van der Waals surface area contributed by atoms with Crippen molar-refractivity contribution in [3.63, 3.8) is 0 Å². The number of unbranched alkanes of at least 4 members (excludes halogenated alkanes) is 26. The van der Waals surface area contributed by atoms with Gasteiger partial charge in [-0.3, -0.25) is 9.59 Å². The van der Waals surface area contributed by atoms with Gasteiger partial charge in [-0.1, -0.05) is 254 Å². The molecular weight excluding hydrogens is 887 g/mol. The first-order chi connectivity index (χ1) is 34.6. The summed E-state index contributed by atoms with van der Waals surface area (Å²) >= 11 is 0. The number of esters is 2. The third kappa shape index (κ3) is 54.3. The minimum Gasteiger partial charge on any atom is -0.477 e. The average molecular weight is 998 g/mol. The number of allylic oxidation sites excluding steroid dienone is 12. The molecule has 0 fully saturated rings. The Hall–Kier alpha value is -3.27. The van der Waals surface area contributed by atoms with E-state index in [1.165, 1.54) is 154 Å². The fourth-order valence-corrected chi connectivity index (χ4v) is 8.04. The largest absolute Gasteiger partial charge is 0.477 e. The molecule has 0 rings (SSSR count). The molecule has 0 aliphatic heterocycles. The molecule has 0 spiro atoms. The van der Waals surface area contributed by atoms with Crippen LogP contribution in [0.2, 0.25) is 0 Å². The van der Waals surface area contributed by atoms with E-state index in [9.17, 15) is 19.5 Å². The molecule has 2 unspecified atom stereocenters. The predicted octanol–water partition coefficient (Wildman–Crippen LogP) is 17.0. The van der Waals surface area contributed by atoms with E-state index in [0.717, 1.165) is 57.8 Å². The second kappa shape index (κ2) is 53.0. The highest BCUT2D eigenvalue weighted by Gasteiger charge is 2.25. The number of carbonyl (C=O) groups excluding carboxylic acids is 2. The van der Waals surface area contributed by atoms with Crippen LogP contribution in [0.5, 0.6) is 0 Å². The molecule has 9 heteroatoms. The van der Waals surface area contributed by atoms with E-state index in [4.69, 9.17) is 18.9 Å². The third-order valence-electron chi connectivity index (χ3n) is 12.5. The van der Waals surface area contributed by atoms with Gasteiger partial charge in [0.05, 0.1) is 34.4 Å². The van der Waals surface area contributed by atoms with Crippen LogP contribution in [0.25, 0.3) is 0 Å². The van der Waals surface area contributed by atoms with Gasteiger partial charge in [0.1, 0.15) is 13.2 Å². The molecule has 0 saturated carbocycles. The lowest BCUT2D eigenvalue weighted by molar-refractivity contribution is -0.870. The molecule has 9 nitrogen and oxygen atoms in total. The monoisotopic (exact) mass is 997 g/mol. The number of likely N-dealkylation sites (N-methyl/N-ethyl adjacent to an activating group) is 1. The number of quaternary nitrogens is 1. The maximum Gasteiger partial charge on any atom is 0.361 e. The maximum atomic E-state index is 12.8. The first kappa shape index (κ1) is 67.7. The Morgan fingerprint density at radius 1 is 0.437 bits per heavy atom. The molecule has 1 N–H and O–H groups in total. The molecule has 0 aromatic rings. The van der Waals surface area contributed by atoms with Crippen molar-refractivity contribution in [3.05, 3.63) is 72.9 Å². The number of aliphatic carboxylic acids is 1. The molecule has 0 radical (unpaired) electrons. The first-order valence-corrected chi connectivity index (χ1v) is 29.1. The molecule has 0 amide bonds. The van der Waals surface area contributed by atoms with Gasteiger partial charge in [0.15, 0.2) is 6.10 Å². The van der Waals surface area contributed by atoms with Crippen molar-refractivity contribution >= 4 is 17.9 Å². The fourth-order valence-electron chi connectivity index (χ4n) is 8.04. The highest BCUT2D eigenvalue weighted by Crippen LogP contribution is 2.17. The van der Waals surface area contributed by atoms with E-state index >= 15 is 0 Å². The molecule has 0 aromatic carbocycles. The smallest absolute Gasteiger partial charge is 0.361 e. The number of ether oxygens (including phenoxy) is 4. The van der Waals surface area contributed by atoms with Crippen molar-refractivity contribution in [2.24, 2.45) is 0 Å². The van der Waals surface area contributed by atoms with Crippen LogP contribution in [-0.4, -0.2) is 87.4 Å². The van der Waals surface area contributed by atoms with Crippen LogP contribution in [0, 0.1) is 0 Å². The maximum absolute atomic E-state index is 12.8. The third-order valence-corrected chi connectivity index (χ3v) is 12.5. The molecule has 0 heterocycles. The van der Waals surface area contributed by atoms with Crippen LogP contribution < -0.4 is 0 Å². The van der Waals surface area contributed by atoms with Gasteiger partial charge in [-0.15, -0.1) is 0 Å². The minimum atomic E-state index is -1.53. The zero-order valence-corrected chi connectivity index (χ0v) is 46.6. The molecule has 0 bridgehead atoms. The van der Waals surface area contributed by atoms with Crippen LogP contribution >= 0.6 is 0 Å². The van der Waals surface area contributed by atoms with Gasteiger partial charge in [0.25, 0.3) is 6.29 Å². The number of hydrogen-bond donors (Lipinski definition) is 1. The lowest BCUT2D eigenvalue weighted by Gasteiger charge is -2.25. The summed E-state index contributed by atoms with van der Waals surface area (Å²) in [6.07, 6.45) is 65.8. The van der Waals surface area contributed by atoms with Gasteiger partial charge in [0, 0.05) is 12.8 Å². The van der Waals surface area contributed by atoms with Gasteiger partial charge >= 0.3 is 17.9 Å². The molecule has 2 atom stereocenters. The van der Waals surface area contributed by atoms with E-state index in [1.807, 2.05) is 33.3 Å². The van der Waals surface area contributed by atoms with E-state index in [2.05, 4.69) is 74.6 Å². The minimum absolute atomic E-state index is 0.134. The van der Waals surface area contributed by atoms with Crippen LogP contribution in [0.3, 0.4) is 0 Å². The summed E-state index contributed by atoms with van der Waals surface area (Å²) < 4.78 is 22.8. The second-order valence-corrected chi connectivity index (χ2v) is 20.6. The number of nitrogens with zero attached hydrogens (tertiary/aromatic N) is 1. The topological polar surface area (TPSA) is 108 Å². The Labute approximate surface area is 437 Å². The Kier molecular flexibility index (Phi) is 50.6. The van der Waals surface area contributed by atoms with Crippen LogP contribution in [0.4, 0.5) is 0 Å². The highest BCUT2D eigenvalue weighted by molar-refractivity contribution is 5.71. The molecule has 0 aliphatic rings. The Balaban J connectivity index is 4.26. The number of carboxylic acid groups (broad SMARTS) is 1. The zero-order valence-electron chi connectivity index (χ0n) is 46.6. The highest BCUT2D eigenvalue weighted by atomic mass is 16.7. The summed E-state index contributed by atoms with van der Waals surface area (Å²) in [5.74, 6) is -2.11. The first-order valence-electron chi connectivity index (χ1n) is 29.1. The van der Waals surface area contributed by atoms with Crippen LogP contribution in [0.1, 0.15) is 245 Å². The SMILES string of the molecule is CC/C=C\C/C=C\C/C=C\C/C=C\C/C=C\C/C=C\CCC(=O)OC(COC(=O)CCCCCCCCCCCCCCCCCCCCCCCCCCCCC)COC(OCC[N+](C)(C)C)C(=O)O. The van der Waals surface area contributed by atoms with E-state index in [1.54, 1.807) is 0 Å². The van der Waals surface area contributed by atoms with Crippen molar-refractivity contribution in [1.29, 1.82) is 0 Å². The van der Waals surface area contributed by atoms with Gasteiger partial charge in [-0.05, 0) is 51.4 Å². The molecular formula is C62H110NO8+. The summed E-state index contributed by atoms with van der Waals surface area (Å²) in [6.45, 7) is 4.70. The number of carboxylic acids is 1. The lowest BCUT2D eigenvalue weighted by atomic mass is 10.0. The van der Waals surface area contributed by atoms with Crippen molar-refractivity contribution < 1.29 is 42.9 Å². The summed E-state index contributed by atoms with van der Waals surface area (Å²) in [4.78, 5) is 37.3. The van der Waals surface area contributed by atoms with E-state index in [-0.39, 0.29) is 38.6 Å². The van der Waals surface area contributed by atoms with E-state index < -0.39 is 24.3 Å². The summed E-state index contributed by atoms with van der Waals surface area (Å²) in [5, 5.41) is 9.69. The zero-order chi connectivity index (χ0) is 52.0. The van der Waals surface area contributed by atoms with Crippen molar-refractivity contribution in [3.8, 4) is 0 Å². The van der Waals surface area contributed by atoms with Gasteiger partial charge < -0.3 is 28.5 Å². The quantitative estimate of drug-likeness (QED) is 0.0211.